The zero-order valence-corrected chi connectivity index (χ0v) is 25.5. The number of rotatable bonds is 11. The second kappa shape index (κ2) is 16.2. The fourth-order valence-electron chi connectivity index (χ4n) is 6.09. The molecule has 21 nitrogen and oxygen atoms in total. The molecule has 4 aliphatic rings. The van der Waals surface area contributed by atoms with Gasteiger partial charge in [0.1, 0.15) is 73.2 Å². The summed E-state index contributed by atoms with van der Waals surface area (Å²) in [6.07, 6.45) is -19.4. The van der Waals surface area contributed by atoms with Crippen LogP contribution in [0.5, 0.6) is 0 Å². The largest absolute Gasteiger partial charge is 0.388 e. The van der Waals surface area contributed by atoms with Crippen molar-refractivity contribution >= 4 is 0 Å². The third kappa shape index (κ3) is 7.50. The minimum Gasteiger partial charge on any atom is -0.388 e. The van der Waals surface area contributed by atoms with Gasteiger partial charge in [0.05, 0.1) is 24.2 Å². The number of hydrogen-bond donors (Lipinski definition) is 13. The second-order valence-electron chi connectivity index (χ2n) is 11.9. The number of methoxy groups -OCH3 is 1. The van der Waals surface area contributed by atoms with Gasteiger partial charge in [-0.1, -0.05) is 0 Å². The maximum absolute atomic E-state index is 11.2. The van der Waals surface area contributed by atoms with Gasteiger partial charge in [0, 0.05) is 33.3 Å². The van der Waals surface area contributed by atoms with Gasteiger partial charge in [-0.15, -0.1) is 0 Å². The first-order valence-corrected chi connectivity index (χ1v) is 15.2. The van der Waals surface area contributed by atoms with Crippen molar-refractivity contribution in [3.05, 3.63) is 0 Å². The highest BCUT2D eigenvalue weighted by Crippen LogP contribution is 2.32. The molecule has 0 aromatic heterocycles. The fraction of sp³-hybridized carbons (Fsp3) is 1.00. The number of aliphatic hydroxyl groups excluding tert-OH is 5. The SMILES string of the molecule is CO[C@H]1O[C@H](CN)[C@@H](O[C@H]2O[C@H](CN)[C@@H](O[C@H]3O[C@H](CN)[C@@H](O[C@H]4O[C@H](CN)[C@@H](O)[C@H](O)[C@H]4N)[C@H](O)[C@H]3N)[C@H](O)[C@H]2N)[C@H](O)[C@H]1N. The van der Waals surface area contributed by atoms with Crippen LogP contribution in [0.15, 0.2) is 0 Å². The molecule has 20 atom stereocenters. The Morgan fingerprint density at radius 2 is 0.717 bits per heavy atom. The minimum absolute atomic E-state index is 0.0634. The molecule has 4 fully saturated rings. The predicted molar refractivity (Wildman–Crippen MR) is 154 cm³/mol. The Bertz CT molecular complexity index is 946. The Balaban J connectivity index is 1.43. The van der Waals surface area contributed by atoms with Crippen LogP contribution in [0.25, 0.3) is 0 Å². The lowest BCUT2D eigenvalue weighted by Crippen LogP contribution is -2.70. The molecule has 0 aliphatic carbocycles. The van der Waals surface area contributed by atoms with Gasteiger partial charge in [-0.3, -0.25) is 0 Å². The molecular weight excluding hydrogens is 620 g/mol. The third-order valence-electron chi connectivity index (χ3n) is 8.95. The summed E-state index contributed by atoms with van der Waals surface area (Å²) in [7, 11) is 1.37. The standard InChI is InChI=1S/C25H52N8O13/c1-39-22-11(31)16(36)19(7(3-27)41-22)45-24-13(33)18(38)21(9(5-29)43-24)46-25-12(32)17(37)20(8(4-28)42-25)44-23-10(30)15(35)14(34)6(2-26)40-23/h6-25,34-38H,2-5,26-33H2,1H3/t6-,7-,8-,9-,10-,11-,12-,13-,14-,15-,16-,17-,18-,19-,20-,21-,22+,23-,24-,25-/m1/s1. The van der Waals surface area contributed by atoms with E-state index >= 15 is 0 Å². The topological polar surface area (TPSA) is 383 Å². The zero-order chi connectivity index (χ0) is 34.0. The van der Waals surface area contributed by atoms with E-state index in [1.165, 1.54) is 7.11 Å². The summed E-state index contributed by atoms with van der Waals surface area (Å²) in [5, 5.41) is 53.7. The predicted octanol–water partition coefficient (Wildman–Crippen LogP) is -9.36. The van der Waals surface area contributed by atoms with Crippen LogP contribution in [0, 0.1) is 0 Å². The first kappa shape index (κ1) is 38.0. The molecule has 4 rings (SSSR count). The van der Waals surface area contributed by atoms with Crippen LogP contribution >= 0.6 is 0 Å². The smallest absolute Gasteiger partial charge is 0.176 e. The average Bonchev–Trinajstić information content (AvgIpc) is 3.05. The van der Waals surface area contributed by atoms with Crippen molar-refractivity contribution in [1.29, 1.82) is 0 Å². The van der Waals surface area contributed by atoms with Crippen molar-refractivity contribution in [2.75, 3.05) is 33.3 Å². The van der Waals surface area contributed by atoms with Crippen molar-refractivity contribution in [1.82, 2.24) is 0 Å². The molecule has 0 radical (unpaired) electrons. The van der Waals surface area contributed by atoms with Crippen LogP contribution < -0.4 is 45.9 Å². The highest BCUT2D eigenvalue weighted by Gasteiger charge is 2.53. The summed E-state index contributed by atoms with van der Waals surface area (Å²) in [5.74, 6) is 0. The van der Waals surface area contributed by atoms with E-state index in [9.17, 15) is 25.5 Å². The Morgan fingerprint density at radius 3 is 1.04 bits per heavy atom. The Labute approximate surface area is 265 Å². The van der Waals surface area contributed by atoms with Gasteiger partial charge in [0.15, 0.2) is 25.2 Å². The number of aliphatic hydroxyl groups is 5. The van der Waals surface area contributed by atoms with Crippen molar-refractivity contribution in [3.63, 3.8) is 0 Å². The van der Waals surface area contributed by atoms with Crippen LogP contribution in [0.1, 0.15) is 0 Å². The molecule has 4 saturated heterocycles. The third-order valence-corrected chi connectivity index (χ3v) is 8.95. The van der Waals surface area contributed by atoms with E-state index in [-0.39, 0.29) is 26.2 Å². The van der Waals surface area contributed by atoms with Crippen LogP contribution in [0.2, 0.25) is 0 Å². The molecule has 4 heterocycles. The minimum atomic E-state index is -1.48. The molecule has 4 aliphatic heterocycles. The Morgan fingerprint density at radius 1 is 0.435 bits per heavy atom. The molecule has 0 aromatic rings. The van der Waals surface area contributed by atoms with E-state index in [1.807, 2.05) is 0 Å². The number of ether oxygens (including phenoxy) is 8. The fourth-order valence-corrected chi connectivity index (χ4v) is 6.09. The van der Waals surface area contributed by atoms with Crippen LogP contribution in [0.4, 0.5) is 0 Å². The van der Waals surface area contributed by atoms with Crippen molar-refractivity contribution in [2.45, 2.75) is 123 Å². The van der Waals surface area contributed by atoms with E-state index in [4.69, 9.17) is 83.8 Å². The highest BCUT2D eigenvalue weighted by molar-refractivity contribution is 5.00. The van der Waals surface area contributed by atoms with Gasteiger partial charge in [-0.05, 0) is 0 Å². The van der Waals surface area contributed by atoms with Gasteiger partial charge in [0.2, 0.25) is 0 Å². The molecule has 0 spiro atoms. The summed E-state index contributed by atoms with van der Waals surface area (Å²) in [4.78, 5) is 0. The summed E-state index contributed by atoms with van der Waals surface area (Å²) in [6.45, 7) is -0.585. The van der Waals surface area contributed by atoms with E-state index in [0.717, 1.165) is 0 Å². The molecule has 0 saturated carbocycles. The quantitative estimate of drug-likeness (QED) is 0.0968. The van der Waals surface area contributed by atoms with E-state index in [1.54, 1.807) is 0 Å². The number of nitrogens with two attached hydrogens (primary N) is 8. The molecule has 21 N–H and O–H groups in total. The lowest BCUT2D eigenvalue weighted by molar-refractivity contribution is -0.352. The molecular formula is C25H52N8O13. The van der Waals surface area contributed by atoms with Crippen molar-refractivity contribution in [2.24, 2.45) is 45.9 Å². The first-order valence-electron chi connectivity index (χ1n) is 15.2. The summed E-state index contributed by atoms with van der Waals surface area (Å²) >= 11 is 0. The molecule has 0 amide bonds. The normalized spacial score (nSPS) is 52.0. The summed E-state index contributed by atoms with van der Waals surface area (Å²) < 4.78 is 46.3. The number of hydrogen-bond acceptors (Lipinski definition) is 21. The monoisotopic (exact) mass is 672 g/mol. The molecule has 21 heteroatoms. The van der Waals surface area contributed by atoms with Crippen molar-refractivity contribution < 1.29 is 63.4 Å². The lowest BCUT2D eigenvalue weighted by Gasteiger charge is -2.50. The van der Waals surface area contributed by atoms with Gasteiger partial charge < -0.3 is 109 Å². The average molecular weight is 673 g/mol. The summed E-state index contributed by atoms with van der Waals surface area (Å²) in [5.41, 5.74) is 48.0. The van der Waals surface area contributed by atoms with Gasteiger partial charge in [-0.2, -0.15) is 0 Å². The molecule has 46 heavy (non-hydrogen) atoms. The first-order chi connectivity index (χ1) is 21.8. The molecule has 0 unspecified atom stereocenters. The van der Waals surface area contributed by atoms with E-state index in [2.05, 4.69) is 0 Å². The van der Waals surface area contributed by atoms with Crippen LogP contribution in [-0.4, -0.2) is 181 Å². The molecule has 270 valence electrons. The second-order valence-corrected chi connectivity index (χ2v) is 11.9. The maximum atomic E-state index is 11.2. The maximum Gasteiger partial charge on any atom is 0.176 e. The lowest BCUT2D eigenvalue weighted by atomic mass is 9.93. The van der Waals surface area contributed by atoms with Gasteiger partial charge in [0.25, 0.3) is 0 Å². The Hall–Kier alpha value is -0.840. The van der Waals surface area contributed by atoms with Crippen LogP contribution in [-0.2, 0) is 37.9 Å². The highest BCUT2D eigenvalue weighted by atomic mass is 16.8. The van der Waals surface area contributed by atoms with E-state index < -0.39 is 123 Å². The van der Waals surface area contributed by atoms with Crippen LogP contribution in [0.3, 0.4) is 0 Å². The molecule has 0 aromatic carbocycles. The summed E-state index contributed by atoms with van der Waals surface area (Å²) in [6, 6.07) is -4.71. The van der Waals surface area contributed by atoms with Gasteiger partial charge >= 0.3 is 0 Å². The molecule has 0 bridgehead atoms. The van der Waals surface area contributed by atoms with Gasteiger partial charge in [-0.25, -0.2) is 0 Å². The Kier molecular flexibility index (Phi) is 13.4. The zero-order valence-electron chi connectivity index (χ0n) is 25.5. The van der Waals surface area contributed by atoms with E-state index in [0.29, 0.717) is 0 Å². The van der Waals surface area contributed by atoms with Crippen molar-refractivity contribution in [3.8, 4) is 0 Å².